The molecule has 1 aromatic carbocycles. The Morgan fingerprint density at radius 2 is 1.68 bits per heavy atom. The molecule has 0 amide bonds. The van der Waals surface area contributed by atoms with Crippen LogP contribution in [0.3, 0.4) is 0 Å². The molecule has 0 aliphatic rings. The summed E-state index contributed by atoms with van der Waals surface area (Å²) in [5.74, 6) is 0.514. The number of benzene rings is 1. The van der Waals surface area contributed by atoms with Crippen LogP contribution >= 0.6 is 7.14 Å². The lowest BCUT2D eigenvalue weighted by Gasteiger charge is -2.09. The van der Waals surface area contributed by atoms with Crippen molar-refractivity contribution in [2.24, 2.45) is 0 Å². The van der Waals surface area contributed by atoms with E-state index in [-0.39, 0.29) is 0 Å². The summed E-state index contributed by atoms with van der Waals surface area (Å²) < 4.78 is 12.3. The molecule has 6 heteroatoms. The van der Waals surface area contributed by atoms with Gasteiger partial charge in [-0.25, -0.2) is 9.97 Å². The standard InChI is InChI=1S/C18H19N4OP.2C2H6/c1-13-5-4-6-15(9-13)21-18-20-8-7-17(22-18)14-10-16(12-19-11-14)24(2,3)23;2*1-2/h4-12H,1-3H3,(H,20,21,22);2*1-2H3. The van der Waals surface area contributed by atoms with E-state index in [4.69, 9.17) is 0 Å². The van der Waals surface area contributed by atoms with Crippen molar-refractivity contribution < 1.29 is 4.57 Å². The molecule has 28 heavy (non-hydrogen) atoms. The number of rotatable bonds is 4. The number of nitrogens with zero attached hydrogens (tertiary/aromatic N) is 3. The van der Waals surface area contributed by atoms with Crippen molar-refractivity contribution in [1.29, 1.82) is 0 Å². The average molecular weight is 398 g/mol. The molecule has 0 unspecified atom stereocenters. The second-order valence-electron chi connectivity index (χ2n) is 6.04. The van der Waals surface area contributed by atoms with Gasteiger partial charge in [0.2, 0.25) is 5.95 Å². The highest BCUT2D eigenvalue weighted by Gasteiger charge is 2.13. The summed E-state index contributed by atoms with van der Waals surface area (Å²) in [6.45, 7) is 13.5. The summed E-state index contributed by atoms with van der Waals surface area (Å²) in [7, 11) is -2.36. The number of hydrogen-bond donors (Lipinski definition) is 1. The summed E-state index contributed by atoms with van der Waals surface area (Å²) >= 11 is 0. The Morgan fingerprint density at radius 3 is 2.32 bits per heavy atom. The van der Waals surface area contributed by atoms with Crippen LogP contribution in [0.5, 0.6) is 0 Å². The number of hydrogen-bond acceptors (Lipinski definition) is 5. The number of nitrogens with one attached hydrogen (secondary N) is 1. The lowest BCUT2D eigenvalue weighted by molar-refractivity contribution is 0.588. The van der Waals surface area contributed by atoms with Gasteiger partial charge < -0.3 is 9.88 Å². The van der Waals surface area contributed by atoms with Gasteiger partial charge in [0.05, 0.1) is 5.69 Å². The van der Waals surface area contributed by atoms with Crippen molar-refractivity contribution in [3.8, 4) is 11.3 Å². The Balaban J connectivity index is 0.000000921. The van der Waals surface area contributed by atoms with Crippen molar-refractivity contribution >= 4 is 24.1 Å². The van der Waals surface area contributed by atoms with Gasteiger partial charge in [0, 0.05) is 35.1 Å². The van der Waals surface area contributed by atoms with Gasteiger partial charge in [-0.05, 0) is 50.1 Å². The summed E-state index contributed by atoms with van der Waals surface area (Å²) in [4.78, 5) is 13.0. The van der Waals surface area contributed by atoms with Crippen molar-refractivity contribution in [2.75, 3.05) is 18.6 Å². The highest BCUT2D eigenvalue weighted by molar-refractivity contribution is 7.70. The lowest BCUT2D eigenvalue weighted by atomic mass is 10.2. The van der Waals surface area contributed by atoms with Crippen LogP contribution in [-0.4, -0.2) is 28.3 Å². The molecule has 1 N–H and O–H groups in total. The molecule has 0 aliphatic heterocycles. The summed E-state index contributed by atoms with van der Waals surface area (Å²) in [6.07, 6.45) is 5.07. The maximum Gasteiger partial charge on any atom is 0.227 e. The first-order valence-corrected chi connectivity index (χ1v) is 12.2. The van der Waals surface area contributed by atoms with E-state index in [1.807, 2.05) is 71.0 Å². The van der Waals surface area contributed by atoms with E-state index in [2.05, 4.69) is 20.3 Å². The Hall–Kier alpha value is -2.52. The van der Waals surface area contributed by atoms with Gasteiger partial charge >= 0.3 is 0 Å². The van der Waals surface area contributed by atoms with Gasteiger partial charge in [0.25, 0.3) is 0 Å². The average Bonchev–Trinajstić information content (AvgIpc) is 2.71. The van der Waals surface area contributed by atoms with E-state index in [0.717, 1.165) is 27.8 Å². The Labute approximate surface area is 169 Å². The van der Waals surface area contributed by atoms with Crippen LogP contribution in [0.25, 0.3) is 11.3 Å². The number of aromatic nitrogens is 3. The van der Waals surface area contributed by atoms with E-state index >= 15 is 0 Å². The number of anilines is 2. The molecule has 0 saturated heterocycles. The van der Waals surface area contributed by atoms with Gasteiger partial charge in [0.1, 0.15) is 7.14 Å². The maximum absolute atomic E-state index is 12.3. The second kappa shape index (κ2) is 11.4. The van der Waals surface area contributed by atoms with Crippen molar-refractivity contribution in [3.05, 3.63) is 60.6 Å². The molecule has 3 aromatic rings. The molecule has 0 bridgehead atoms. The predicted octanol–water partition coefficient (Wildman–Crippen LogP) is 5.89. The van der Waals surface area contributed by atoms with Gasteiger partial charge in [-0.2, -0.15) is 0 Å². The van der Waals surface area contributed by atoms with Crippen molar-refractivity contribution in [1.82, 2.24) is 15.0 Å². The third kappa shape index (κ3) is 6.90. The monoisotopic (exact) mass is 398 g/mol. The zero-order valence-electron chi connectivity index (χ0n) is 17.9. The third-order valence-corrected chi connectivity index (χ3v) is 5.06. The van der Waals surface area contributed by atoms with E-state index in [9.17, 15) is 4.57 Å². The molecular formula is C22H31N4OP. The lowest BCUT2D eigenvalue weighted by Crippen LogP contribution is -2.05. The second-order valence-corrected chi connectivity index (χ2v) is 9.26. The molecule has 0 radical (unpaired) electrons. The van der Waals surface area contributed by atoms with Crippen LogP contribution < -0.4 is 10.6 Å². The zero-order valence-corrected chi connectivity index (χ0v) is 18.8. The van der Waals surface area contributed by atoms with Crippen LogP contribution in [-0.2, 0) is 4.57 Å². The fourth-order valence-corrected chi connectivity index (χ4v) is 3.09. The van der Waals surface area contributed by atoms with Crippen LogP contribution in [0.15, 0.2) is 55.0 Å². The fraction of sp³-hybridized carbons (Fsp3) is 0.318. The van der Waals surface area contributed by atoms with Gasteiger partial charge in [-0.15, -0.1) is 0 Å². The minimum Gasteiger partial charge on any atom is -0.324 e. The minimum atomic E-state index is -2.36. The van der Waals surface area contributed by atoms with E-state index in [1.54, 1.807) is 31.9 Å². The first-order chi connectivity index (χ1) is 13.4. The molecule has 0 aliphatic carbocycles. The summed E-state index contributed by atoms with van der Waals surface area (Å²) in [5.41, 5.74) is 3.66. The first kappa shape index (κ1) is 23.5. The fourth-order valence-electron chi connectivity index (χ4n) is 2.29. The van der Waals surface area contributed by atoms with Gasteiger partial charge in [-0.3, -0.25) is 4.98 Å². The van der Waals surface area contributed by atoms with Crippen LogP contribution in [0.2, 0.25) is 0 Å². The SMILES string of the molecule is CC.CC.Cc1cccc(Nc2nccc(-c3cncc(P(C)(C)=O)c3)n2)c1. The van der Waals surface area contributed by atoms with E-state index < -0.39 is 7.14 Å². The zero-order chi connectivity index (χ0) is 21.2. The first-order valence-electron chi connectivity index (χ1n) is 9.59. The van der Waals surface area contributed by atoms with Crippen LogP contribution in [0.4, 0.5) is 11.6 Å². The van der Waals surface area contributed by atoms with Gasteiger partial charge in [-0.1, -0.05) is 39.8 Å². The summed E-state index contributed by atoms with van der Waals surface area (Å²) in [6, 6.07) is 11.7. The Morgan fingerprint density at radius 1 is 0.964 bits per heavy atom. The van der Waals surface area contributed by atoms with Gasteiger partial charge in [0.15, 0.2) is 0 Å². The molecule has 0 atom stereocenters. The number of pyridine rings is 1. The normalized spacial score (nSPS) is 10.1. The third-order valence-electron chi connectivity index (χ3n) is 3.57. The molecule has 5 nitrogen and oxygen atoms in total. The molecule has 3 rings (SSSR count). The maximum atomic E-state index is 12.3. The van der Waals surface area contributed by atoms with Crippen LogP contribution in [0, 0.1) is 6.92 Å². The Kier molecular flexibility index (Phi) is 9.54. The molecule has 2 heterocycles. The van der Waals surface area contributed by atoms with Crippen LogP contribution in [0.1, 0.15) is 33.3 Å². The van der Waals surface area contributed by atoms with Crippen molar-refractivity contribution in [3.63, 3.8) is 0 Å². The predicted molar refractivity (Wildman–Crippen MR) is 122 cm³/mol. The molecule has 2 aromatic heterocycles. The number of aryl methyl sites for hydroxylation is 1. The van der Waals surface area contributed by atoms with E-state index in [1.165, 1.54) is 0 Å². The quantitative estimate of drug-likeness (QED) is 0.555. The summed E-state index contributed by atoms with van der Waals surface area (Å²) in [5, 5.41) is 3.94. The smallest absolute Gasteiger partial charge is 0.227 e. The van der Waals surface area contributed by atoms with Crippen molar-refractivity contribution in [2.45, 2.75) is 34.6 Å². The topological polar surface area (TPSA) is 67.8 Å². The molecule has 0 spiro atoms. The molecule has 0 saturated carbocycles. The molecule has 0 fully saturated rings. The largest absolute Gasteiger partial charge is 0.324 e. The molecule has 150 valence electrons. The van der Waals surface area contributed by atoms with E-state index in [0.29, 0.717) is 5.95 Å². The Bertz CT molecular complexity index is 922. The highest BCUT2D eigenvalue weighted by atomic mass is 31.2. The molecular weight excluding hydrogens is 367 g/mol. The minimum absolute atomic E-state index is 0.514. The highest BCUT2D eigenvalue weighted by Crippen LogP contribution is 2.35.